The van der Waals surface area contributed by atoms with Crippen molar-refractivity contribution in [3.8, 4) is 17.0 Å². The second-order valence-corrected chi connectivity index (χ2v) is 4.57. The first-order chi connectivity index (χ1) is 7.22. The minimum absolute atomic E-state index is 0.670. The Hall–Kier alpha value is -1.06. The number of halogens is 1. The molecule has 0 saturated heterocycles. The lowest BCUT2D eigenvalue weighted by Crippen LogP contribution is -1.85. The molecule has 1 aromatic heterocycles. The highest BCUT2D eigenvalue weighted by atomic mass is 35.5. The zero-order valence-electron chi connectivity index (χ0n) is 8.45. The molecule has 0 bridgehead atoms. The van der Waals surface area contributed by atoms with Gasteiger partial charge in [0, 0.05) is 10.4 Å². The van der Waals surface area contributed by atoms with E-state index < -0.39 is 0 Å². The first-order valence-electron chi connectivity index (χ1n) is 4.46. The lowest BCUT2D eigenvalue weighted by molar-refractivity contribution is 0.415. The molecule has 4 heteroatoms. The minimum Gasteiger partial charge on any atom is -0.497 e. The zero-order valence-corrected chi connectivity index (χ0v) is 10.0. The van der Waals surface area contributed by atoms with Gasteiger partial charge >= 0.3 is 0 Å². The number of aromatic nitrogens is 1. The molecule has 0 radical (unpaired) electrons. The summed E-state index contributed by atoms with van der Waals surface area (Å²) < 4.78 is 5.10. The van der Waals surface area contributed by atoms with Crippen LogP contribution in [0.1, 0.15) is 4.88 Å². The highest BCUT2D eigenvalue weighted by Crippen LogP contribution is 2.33. The van der Waals surface area contributed by atoms with Crippen molar-refractivity contribution >= 4 is 22.9 Å². The third-order valence-electron chi connectivity index (χ3n) is 2.18. The molecule has 1 aromatic carbocycles. The summed E-state index contributed by atoms with van der Waals surface area (Å²) in [5, 5.41) is 0.670. The van der Waals surface area contributed by atoms with Crippen LogP contribution < -0.4 is 4.74 Å². The van der Waals surface area contributed by atoms with E-state index in [1.807, 2.05) is 24.6 Å². The normalized spacial score (nSPS) is 10.3. The Balaban J connectivity index is 2.50. The molecule has 0 aliphatic carbocycles. The smallest absolute Gasteiger partial charge is 0.120 e. The fraction of sp³-hybridized carbons (Fsp3) is 0.182. The summed E-state index contributed by atoms with van der Waals surface area (Å²) in [5.74, 6) is 0.761. The molecular formula is C11H10ClNOS. The van der Waals surface area contributed by atoms with Gasteiger partial charge in [-0.25, -0.2) is 4.98 Å². The van der Waals surface area contributed by atoms with Gasteiger partial charge in [-0.05, 0) is 25.1 Å². The Morgan fingerprint density at radius 3 is 2.73 bits per heavy atom. The molecule has 2 nitrogen and oxygen atoms in total. The zero-order chi connectivity index (χ0) is 10.8. The fourth-order valence-electron chi connectivity index (χ4n) is 1.38. The molecule has 0 unspecified atom stereocenters. The van der Waals surface area contributed by atoms with Crippen molar-refractivity contribution in [1.29, 1.82) is 0 Å². The SMILES string of the molecule is COc1ccc(-c2ncsc2C)c(Cl)c1. The first-order valence-corrected chi connectivity index (χ1v) is 5.72. The van der Waals surface area contributed by atoms with Gasteiger partial charge in [0.1, 0.15) is 5.75 Å². The third-order valence-corrected chi connectivity index (χ3v) is 3.25. The number of benzene rings is 1. The topological polar surface area (TPSA) is 22.1 Å². The Bertz CT molecular complexity index is 481. The van der Waals surface area contributed by atoms with Gasteiger partial charge in [0.25, 0.3) is 0 Å². The number of aryl methyl sites for hydroxylation is 1. The van der Waals surface area contributed by atoms with Crippen molar-refractivity contribution < 1.29 is 4.74 Å². The average molecular weight is 240 g/mol. The first kappa shape index (κ1) is 10.5. The van der Waals surface area contributed by atoms with Crippen molar-refractivity contribution in [2.45, 2.75) is 6.92 Å². The summed E-state index contributed by atoms with van der Waals surface area (Å²) in [6.45, 7) is 2.04. The molecule has 0 fully saturated rings. The second kappa shape index (κ2) is 4.21. The maximum atomic E-state index is 6.16. The van der Waals surface area contributed by atoms with Crippen LogP contribution in [0.3, 0.4) is 0 Å². The van der Waals surface area contributed by atoms with Crippen LogP contribution in [0.4, 0.5) is 0 Å². The van der Waals surface area contributed by atoms with E-state index in [2.05, 4.69) is 4.98 Å². The minimum atomic E-state index is 0.670. The Morgan fingerprint density at radius 1 is 1.40 bits per heavy atom. The lowest BCUT2D eigenvalue weighted by atomic mass is 10.1. The van der Waals surface area contributed by atoms with Crippen molar-refractivity contribution in [2.75, 3.05) is 7.11 Å². The van der Waals surface area contributed by atoms with E-state index in [9.17, 15) is 0 Å². The van der Waals surface area contributed by atoms with Crippen LogP contribution in [-0.2, 0) is 0 Å². The van der Waals surface area contributed by atoms with E-state index in [-0.39, 0.29) is 0 Å². The van der Waals surface area contributed by atoms with Crippen LogP contribution >= 0.6 is 22.9 Å². The van der Waals surface area contributed by atoms with E-state index in [0.29, 0.717) is 5.02 Å². The van der Waals surface area contributed by atoms with Crippen LogP contribution in [0.5, 0.6) is 5.75 Å². The Labute approximate surface area is 97.5 Å². The van der Waals surface area contributed by atoms with Crippen LogP contribution in [0, 0.1) is 6.92 Å². The maximum Gasteiger partial charge on any atom is 0.120 e. The number of hydrogen-bond donors (Lipinski definition) is 0. The molecule has 1 heterocycles. The standard InChI is InChI=1S/C11H10ClNOS/c1-7-11(13-6-15-7)9-4-3-8(14-2)5-10(9)12/h3-6H,1-2H3. The van der Waals surface area contributed by atoms with E-state index >= 15 is 0 Å². The number of hydrogen-bond acceptors (Lipinski definition) is 3. The van der Waals surface area contributed by atoms with Gasteiger partial charge in [0.15, 0.2) is 0 Å². The van der Waals surface area contributed by atoms with Crippen molar-refractivity contribution in [3.05, 3.63) is 33.6 Å². The van der Waals surface area contributed by atoms with Crippen molar-refractivity contribution in [2.24, 2.45) is 0 Å². The number of methoxy groups -OCH3 is 1. The quantitative estimate of drug-likeness (QED) is 0.796. The predicted octanol–water partition coefficient (Wildman–Crippen LogP) is 3.78. The van der Waals surface area contributed by atoms with E-state index in [4.69, 9.17) is 16.3 Å². The van der Waals surface area contributed by atoms with Crippen molar-refractivity contribution in [3.63, 3.8) is 0 Å². The monoisotopic (exact) mass is 239 g/mol. The number of rotatable bonds is 2. The Kier molecular flexibility index (Phi) is 2.93. The van der Waals surface area contributed by atoms with Gasteiger partial charge < -0.3 is 4.74 Å². The van der Waals surface area contributed by atoms with Crippen molar-refractivity contribution in [1.82, 2.24) is 4.98 Å². The van der Waals surface area contributed by atoms with Gasteiger partial charge in [0.05, 0.1) is 23.3 Å². The maximum absolute atomic E-state index is 6.16. The summed E-state index contributed by atoms with van der Waals surface area (Å²) in [7, 11) is 1.62. The predicted molar refractivity (Wildman–Crippen MR) is 63.8 cm³/mol. The van der Waals surface area contributed by atoms with Crippen LogP contribution in [0.25, 0.3) is 11.3 Å². The molecule has 15 heavy (non-hydrogen) atoms. The molecule has 0 amide bonds. The van der Waals surface area contributed by atoms with Gasteiger partial charge in [-0.2, -0.15) is 0 Å². The van der Waals surface area contributed by atoms with Gasteiger partial charge in [-0.1, -0.05) is 11.6 Å². The van der Waals surface area contributed by atoms with Crippen LogP contribution in [-0.4, -0.2) is 12.1 Å². The van der Waals surface area contributed by atoms with Gasteiger partial charge in [0.2, 0.25) is 0 Å². The molecule has 0 atom stereocenters. The van der Waals surface area contributed by atoms with Crippen LogP contribution in [0.2, 0.25) is 5.02 Å². The summed E-state index contributed by atoms with van der Waals surface area (Å²) in [5.41, 5.74) is 3.73. The molecule has 0 aliphatic heterocycles. The van der Waals surface area contributed by atoms with E-state index in [0.717, 1.165) is 17.0 Å². The van der Waals surface area contributed by atoms with E-state index in [1.54, 1.807) is 24.5 Å². The van der Waals surface area contributed by atoms with Crippen LogP contribution in [0.15, 0.2) is 23.7 Å². The number of thiazole rings is 1. The molecule has 0 saturated carbocycles. The van der Waals surface area contributed by atoms with Gasteiger partial charge in [-0.15, -0.1) is 11.3 Å². The summed E-state index contributed by atoms with van der Waals surface area (Å²) in [4.78, 5) is 5.46. The summed E-state index contributed by atoms with van der Waals surface area (Å²) in [6.07, 6.45) is 0. The highest BCUT2D eigenvalue weighted by Gasteiger charge is 2.09. The molecule has 78 valence electrons. The van der Waals surface area contributed by atoms with E-state index in [1.165, 1.54) is 4.88 Å². The Morgan fingerprint density at radius 2 is 2.20 bits per heavy atom. The fourth-order valence-corrected chi connectivity index (χ4v) is 2.23. The molecular weight excluding hydrogens is 230 g/mol. The summed E-state index contributed by atoms with van der Waals surface area (Å²) in [6, 6.07) is 5.62. The van der Waals surface area contributed by atoms with Gasteiger partial charge in [-0.3, -0.25) is 0 Å². The third kappa shape index (κ3) is 1.98. The average Bonchev–Trinajstić information content (AvgIpc) is 2.64. The largest absolute Gasteiger partial charge is 0.497 e. The number of ether oxygens (including phenoxy) is 1. The molecule has 0 aliphatic rings. The molecule has 2 rings (SSSR count). The number of nitrogens with zero attached hydrogens (tertiary/aromatic N) is 1. The second-order valence-electron chi connectivity index (χ2n) is 3.10. The molecule has 0 spiro atoms. The molecule has 2 aromatic rings. The summed E-state index contributed by atoms with van der Waals surface area (Å²) >= 11 is 7.77. The molecule has 0 N–H and O–H groups in total. The highest BCUT2D eigenvalue weighted by molar-refractivity contribution is 7.10. The lowest BCUT2D eigenvalue weighted by Gasteiger charge is -2.05.